The Hall–Kier alpha value is -1.40. The Labute approximate surface area is 130 Å². The fourth-order valence-electron chi connectivity index (χ4n) is 1.55. The lowest BCUT2D eigenvalue weighted by Gasteiger charge is -2.06. The van der Waals surface area contributed by atoms with Gasteiger partial charge in [-0.1, -0.05) is 15.9 Å². The number of nitrogens with one attached hydrogen (secondary N) is 1. The van der Waals surface area contributed by atoms with Crippen LogP contribution >= 0.6 is 27.3 Å². The van der Waals surface area contributed by atoms with Gasteiger partial charge in [0.15, 0.2) is 5.13 Å². The van der Waals surface area contributed by atoms with Crippen molar-refractivity contribution in [2.45, 2.75) is 19.8 Å². The Bertz CT molecular complexity index is 569. The van der Waals surface area contributed by atoms with Gasteiger partial charge in [0.05, 0.1) is 6.61 Å². The zero-order chi connectivity index (χ0) is 14.4. The first-order valence-electron chi connectivity index (χ1n) is 6.24. The number of rotatable bonds is 6. The minimum Gasteiger partial charge on any atom is -0.494 e. The van der Waals surface area contributed by atoms with Crippen molar-refractivity contribution in [1.82, 2.24) is 4.98 Å². The van der Waals surface area contributed by atoms with Crippen LogP contribution in [-0.4, -0.2) is 17.5 Å². The number of thiazole rings is 1. The number of amides is 1. The van der Waals surface area contributed by atoms with Crippen LogP contribution in [0.15, 0.2) is 34.9 Å². The number of ether oxygens (including phenoxy) is 1. The molecular weight excluding hydrogens is 340 g/mol. The number of hydrogen-bond donors (Lipinski definition) is 1. The predicted octanol–water partition coefficient (Wildman–Crippen LogP) is 4.01. The van der Waals surface area contributed by atoms with E-state index in [2.05, 4.69) is 26.2 Å². The van der Waals surface area contributed by atoms with E-state index in [0.29, 0.717) is 24.6 Å². The first-order valence-corrected chi connectivity index (χ1v) is 7.85. The summed E-state index contributed by atoms with van der Waals surface area (Å²) >= 11 is 4.84. The molecule has 0 atom stereocenters. The van der Waals surface area contributed by atoms with Gasteiger partial charge in [0, 0.05) is 22.0 Å². The molecular formula is C14H15BrN2O2S. The van der Waals surface area contributed by atoms with Crippen LogP contribution in [0.2, 0.25) is 0 Å². The minimum absolute atomic E-state index is 0.0289. The number of nitrogens with zero attached hydrogens (tertiary/aromatic N) is 1. The second-order valence-corrected chi connectivity index (χ2v) is 6.38. The molecule has 1 aromatic carbocycles. The lowest BCUT2D eigenvalue weighted by Crippen LogP contribution is -2.12. The molecule has 1 aromatic heterocycles. The zero-order valence-corrected chi connectivity index (χ0v) is 13.5. The quantitative estimate of drug-likeness (QED) is 0.797. The van der Waals surface area contributed by atoms with Crippen LogP contribution in [-0.2, 0) is 4.79 Å². The maximum absolute atomic E-state index is 11.7. The van der Waals surface area contributed by atoms with E-state index in [9.17, 15) is 4.79 Å². The largest absolute Gasteiger partial charge is 0.494 e. The first kappa shape index (κ1) is 15.0. The third kappa shape index (κ3) is 4.94. The van der Waals surface area contributed by atoms with Gasteiger partial charge in [-0.3, -0.25) is 4.79 Å². The predicted molar refractivity (Wildman–Crippen MR) is 84.4 cm³/mol. The van der Waals surface area contributed by atoms with Crippen molar-refractivity contribution >= 4 is 38.3 Å². The van der Waals surface area contributed by atoms with Crippen LogP contribution < -0.4 is 10.1 Å². The van der Waals surface area contributed by atoms with E-state index in [-0.39, 0.29) is 5.91 Å². The highest BCUT2D eigenvalue weighted by molar-refractivity contribution is 9.10. The van der Waals surface area contributed by atoms with Crippen LogP contribution in [0.5, 0.6) is 5.75 Å². The summed E-state index contributed by atoms with van der Waals surface area (Å²) in [6, 6.07) is 7.63. The van der Waals surface area contributed by atoms with Gasteiger partial charge in [-0.25, -0.2) is 4.98 Å². The first-order chi connectivity index (χ1) is 9.63. The summed E-state index contributed by atoms with van der Waals surface area (Å²) in [7, 11) is 0. The molecule has 1 heterocycles. The smallest absolute Gasteiger partial charge is 0.226 e. The summed E-state index contributed by atoms with van der Waals surface area (Å²) in [6.07, 6.45) is 2.85. The molecule has 0 bridgehead atoms. The Balaban J connectivity index is 1.65. The third-order valence-corrected chi connectivity index (χ3v) is 3.86. The van der Waals surface area contributed by atoms with Crippen molar-refractivity contribution in [2.24, 2.45) is 0 Å². The molecule has 106 valence electrons. The van der Waals surface area contributed by atoms with Crippen LogP contribution in [0.3, 0.4) is 0 Å². The fourth-order valence-corrected chi connectivity index (χ4v) is 2.49. The number of carbonyl (C=O) groups is 1. The van der Waals surface area contributed by atoms with Gasteiger partial charge in [-0.15, -0.1) is 11.3 Å². The van der Waals surface area contributed by atoms with Gasteiger partial charge in [0.25, 0.3) is 0 Å². The van der Waals surface area contributed by atoms with Crippen molar-refractivity contribution in [3.8, 4) is 5.75 Å². The van der Waals surface area contributed by atoms with E-state index in [0.717, 1.165) is 15.1 Å². The highest BCUT2D eigenvalue weighted by atomic mass is 79.9. The number of aromatic nitrogens is 1. The maximum Gasteiger partial charge on any atom is 0.226 e. The van der Waals surface area contributed by atoms with Crippen molar-refractivity contribution in [1.29, 1.82) is 0 Å². The summed E-state index contributed by atoms with van der Waals surface area (Å²) in [5, 5.41) is 3.43. The molecule has 6 heteroatoms. The average Bonchev–Trinajstić information content (AvgIpc) is 2.82. The summed E-state index contributed by atoms with van der Waals surface area (Å²) in [5.74, 6) is 0.780. The topological polar surface area (TPSA) is 51.2 Å². The molecule has 0 saturated heterocycles. The lowest BCUT2D eigenvalue weighted by atomic mass is 10.3. The molecule has 1 amide bonds. The molecule has 0 unspecified atom stereocenters. The monoisotopic (exact) mass is 354 g/mol. The van der Waals surface area contributed by atoms with Crippen LogP contribution in [0, 0.1) is 6.92 Å². The highest BCUT2D eigenvalue weighted by Gasteiger charge is 2.05. The SMILES string of the molecule is Cc1cnc(NC(=O)CCCOc2ccc(Br)cc2)s1. The van der Waals surface area contributed by atoms with E-state index in [1.165, 1.54) is 11.3 Å². The fraction of sp³-hybridized carbons (Fsp3) is 0.286. The molecule has 0 saturated carbocycles. The Morgan fingerprint density at radius 1 is 1.40 bits per heavy atom. The molecule has 2 aromatic rings. The van der Waals surface area contributed by atoms with Crippen molar-refractivity contribution in [3.05, 3.63) is 39.8 Å². The van der Waals surface area contributed by atoms with Crippen molar-refractivity contribution in [2.75, 3.05) is 11.9 Å². The van der Waals surface area contributed by atoms with Gasteiger partial charge < -0.3 is 10.1 Å². The van der Waals surface area contributed by atoms with E-state index in [4.69, 9.17) is 4.74 Å². The molecule has 0 aliphatic carbocycles. The van der Waals surface area contributed by atoms with Crippen LogP contribution in [0.25, 0.3) is 0 Å². The van der Waals surface area contributed by atoms with E-state index in [1.807, 2.05) is 31.2 Å². The highest BCUT2D eigenvalue weighted by Crippen LogP contribution is 2.17. The molecule has 20 heavy (non-hydrogen) atoms. The number of aryl methyl sites for hydroxylation is 1. The molecule has 0 spiro atoms. The Kier molecular flexibility index (Phi) is 5.55. The van der Waals surface area contributed by atoms with Crippen LogP contribution in [0.1, 0.15) is 17.7 Å². The molecule has 4 nitrogen and oxygen atoms in total. The zero-order valence-electron chi connectivity index (χ0n) is 11.1. The maximum atomic E-state index is 11.7. The number of benzene rings is 1. The van der Waals surface area contributed by atoms with Crippen molar-refractivity contribution in [3.63, 3.8) is 0 Å². The number of anilines is 1. The van der Waals surface area contributed by atoms with Gasteiger partial charge in [-0.05, 0) is 37.6 Å². The number of hydrogen-bond acceptors (Lipinski definition) is 4. The lowest BCUT2D eigenvalue weighted by molar-refractivity contribution is -0.116. The molecule has 0 radical (unpaired) electrons. The van der Waals surface area contributed by atoms with Crippen molar-refractivity contribution < 1.29 is 9.53 Å². The van der Waals surface area contributed by atoms with E-state index in [1.54, 1.807) is 6.20 Å². The van der Waals surface area contributed by atoms with E-state index >= 15 is 0 Å². The molecule has 0 aliphatic rings. The van der Waals surface area contributed by atoms with Crippen LogP contribution in [0.4, 0.5) is 5.13 Å². The summed E-state index contributed by atoms with van der Waals surface area (Å²) in [4.78, 5) is 16.8. The van der Waals surface area contributed by atoms with Gasteiger partial charge in [0.1, 0.15) is 5.75 Å². The molecule has 0 aliphatic heterocycles. The van der Waals surface area contributed by atoms with Gasteiger partial charge >= 0.3 is 0 Å². The summed E-state index contributed by atoms with van der Waals surface area (Å²) in [6.45, 7) is 2.48. The Morgan fingerprint density at radius 2 is 2.15 bits per heavy atom. The summed E-state index contributed by atoms with van der Waals surface area (Å²) in [5.41, 5.74) is 0. The minimum atomic E-state index is -0.0289. The summed E-state index contributed by atoms with van der Waals surface area (Å²) < 4.78 is 6.57. The van der Waals surface area contributed by atoms with E-state index < -0.39 is 0 Å². The van der Waals surface area contributed by atoms with Gasteiger partial charge in [0.2, 0.25) is 5.91 Å². The molecule has 1 N–H and O–H groups in total. The Morgan fingerprint density at radius 3 is 2.80 bits per heavy atom. The number of halogens is 1. The second-order valence-electron chi connectivity index (χ2n) is 4.23. The number of carbonyl (C=O) groups excluding carboxylic acids is 1. The normalized spacial score (nSPS) is 10.3. The standard InChI is InChI=1S/C14H15BrN2O2S/c1-10-9-16-14(20-10)17-13(18)3-2-8-19-12-6-4-11(15)5-7-12/h4-7,9H,2-3,8H2,1H3,(H,16,17,18). The average molecular weight is 355 g/mol. The molecule has 2 rings (SSSR count). The van der Waals surface area contributed by atoms with Gasteiger partial charge in [-0.2, -0.15) is 0 Å². The third-order valence-electron chi connectivity index (χ3n) is 2.50. The molecule has 0 fully saturated rings. The second kappa shape index (κ2) is 7.40.